The van der Waals surface area contributed by atoms with Crippen LogP contribution >= 0.6 is 0 Å². The van der Waals surface area contributed by atoms with Crippen LogP contribution in [0.15, 0.2) is 33.9 Å². The number of guanidine groups is 1. The molecule has 2 heterocycles. The lowest BCUT2D eigenvalue weighted by Crippen LogP contribution is -2.40. The maximum absolute atomic E-state index is 5.99. The van der Waals surface area contributed by atoms with Gasteiger partial charge in [-0.15, -0.1) is 0 Å². The van der Waals surface area contributed by atoms with E-state index in [0.717, 1.165) is 12.5 Å². The first-order chi connectivity index (χ1) is 13.8. The minimum Gasteiger partial charge on any atom is -0.376 e. The number of ether oxygens (including phenoxy) is 1. The summed E-state index contributed by atoms with van der Waals surface area (Å²) in [5.41, 5.74) is 0.681. The lowest BCUT2D eigenvalue weighted by molar-refractivity contribution is 0.0468. The Morgan fingerprint density at radius 1 is 1.18 bits per heavy atom. The Bertz CT molecular complexity index is 710. The van der Waals surface area contributed by atoms with Crippen molar-refractivity contribution in [2.24, 2.45) is 4.99 Å². The molecule has 0 aliphatic heterocycles. The van der Waals surface area contributed by atoms with Crippen molar-refractivity contribution in [2.75, 3.05) is 26.7 Å². The van der Waals surface area contributed by atoms with E-state index in [1.54, 1.807) is 13.2 Å². The summed E-state index contributed by atoms with van der Waals surface area (Å²) >= 11 is 0. The summed E-state index contributed by atoms with van der Waals surface area (Å²) in [5, 5.41) is 10.5. The number of aliphatic imine (C=N–C) groups is 1. The fraction of sp³-hybridized carbons (Fsp3) is 0.600. The van der Waals surface area contributed by atoms with Crippen LogP contribution in [0.1, 0.15) is 44.3 Å². The summed E-state index contributed by atoms with van der Waals surface area (Å²) in [6.45, 7) is 2.09. The molecule has 1 saturated carbocycles. The van der Waals surface area contributed by atoms with Crippen LogP contribution in [-0.2, 0) is 11.2 Å². The van der Waals surface area contributed by atoms with Gasteiger partial charge < -0.3 is 19.9 Å². The molecule has 2 N–H and O–H groups in total. The van der Waals surface area contributed by atoms with Gasteiger partial charge in [-0.3, -0.25) is 9.98 Å². The van der Waals surface area contributed by atoms with Gasteiger partial charge in [-0.1, -0.05) is 36.9 Å². The highest BCUT2D eigenvalue weighted by atomic mass is 16.5. The van der Waals surface area contributed by atoms with Crippen LogP contribution in [0.5, 0.6) is 0 Å². The second-order valence-electron chi connectivity index (χ2n) is 6.89. The minimum absolute atomic E-state index is 0.422. The van der Waals surface area contributed by atoms with Gasteiger partial charge in [0.2, 0.25) is 0 Å². The number of pyridine rings is 1. The quantitative estimate of drug-likeness (QED) is 0.311. The molecule has 1 fully saturated rings. The summed E-state index contributed by atoms with van der Waals surface area (Å²) in [5.74, 6) is 1.83. The first kappa shape index (κ1) is 20.3. The van der Waals surface area contributed by atoms with E-state index >= 15 is 0 Å². The Kier molecular flexibility index (Phi) is 8.24. The predicted octanol–water partition coefficient (Wildman–Crippen LogP) is 2.58. The molecule has 0 amide bonds. The SMILES string of the molecule is CN=C(NCCOC1CCCCCC1)NCCc1noc(-c2ccccn2)n1. The predicted molar refractivity (Wildman–Crippen MR) is 108 cm³/mol. The lowest BCUT2D eigenvalue weighted by Gasteiger charge is -2.16. The standard InChI is InChI=1S/C20H30N6O2/c1-21-20(24-14-15-27-16-8-4-2-3-5-9-16)23-13-11-18-25-19(28-26-18)17-10-6-7-12-22-17/h6-7,10,12,16H,2-5,8-9,11,13-15H2,1H3,(H2,21,23,24). The van der Waals surface area contributed by atoms with Gasteiger partial charge in [-0.2, -0.15) is 4.98 Å². The third kappa shape index (κ3) is 6.60. The van der Waals surface area contributed by atoms with E-state index in [2.05, 4.69) is 30.8 Å². The zero-order valence-corrected chi connectivity index (χ0v) is 16.6. The van der Waals surface area contributed by atoms with E-state index in [9.17, 15) is 0 Å². The second-order valence-corrected chi connectivity index (χ2v) is 6.89. The topological polar surface area (TPSA) is 97.5 Å². The maximum atomic E-state index is 5.99. The van der Waals surface area contributed by atoms with E-state index in [1.807, 2.05) is 18.2 Å². The number of nitrogens with one attached hydrogen (secondary N) is 2. The number of nitrogens with zero attached hydrogens (tertiary/aromatic N) is 4. The Hall–Kier alpha value is -2.48. The van der Waals surface area contributed by atoms with Crippen LogP contribution in [0, 0.1) is 0 Å². The highest BCUT2D eigenvalue weighted by molar-refractivity contribution is 5.79. The van der Waals surface area contributed by atoms with Crippen molar-refractivity contribution >= 4 is 5.96 Å². The third-order valence-corrected chi connectivity index (χ3v) is 4.77. The third-order valence-electron chi connectivity index (χ3n) is 4.77. The summed E-state index contributed by atoms with van der Waals surface area (Å²) < 4.78 is 11.3. The van der Waals surface area contributed by atoms with Crippen LogP contribution in [0.3, 0.4) is 0 Å². The largest absolute Gasteiger partial charge is 0.376 e. The summed E-state index contributed by atoms with van der Waals surface area (Å²) in [6.07, 6.45) is 10.4. The van der Waals surface area contributed by atoms with Crippen LogP contribution in [0.2, 0.25) is 0 Å². The normalized spacial score (nSPS) is 16.0. The maximum Gasteiger partial charge on any atom is 0.276 e. The molecule has 1 aliphatic rings. The average Bonchev–Trinajstić information content (AvgIpc) is 3.05. The fourth-order valence-corrected chi connectivity index (χ4v) is 3.27. The molecule has 2 aromatic heterocycles. The van der Waals surface area contributed by atoms with Gasteiger partial charge in [-0.25, -0.2) is 0 Å². The van der Waals surface area contributed by atoms with E-state index in [1.165, 1.54) is 38.5 Å². The molecule has 2 aromatic rings. The zero-order chi connectivity index (χ0) is 19.4. The van der Waals surface area contributed by atoms with Gasteiger partial charge in [0, 0.05) is 32.8 Å². The second kappa shape index (κ2) is 11.4. The molecule has 0 saturated heterocycles. The first-order valence-corrected chi connectivity index (χ1v) is 10.2. The lowest BCUT2D eigenvalue weighted by atomic mass is 10.1. The first-order valence-electron chi connectivity index (χ1n) is 10.2. The van der Waals surface area contributed by atoms with Gasteiger partial charge >= 0.3 is 0 Å². The van der Waals surface area contributed by atoms with Crippen molar-refractivity contribution in [1.29, 1.82) is 0 Å². The summed E-state index contributed by atoms with van der Waals surface area (Å²) in [7, 11) is 1.76. The zero-order valence-electron chi connectivity index (χ0n) is 16.6. The van der Waals surface area contributed by atoms with Gasteiger partial charge in [0.05, 0.1) is 12.7 Å². The summed E-state index contributed by atoms with van der Waals surface area (Å²) in [6, 6.07) is 5.59. The van der Waals surface area contributed by atoms with Crippen molar-refractivity contribution in [3.05, 3.63) is 30.2 Å². The minimum atomic E-state index is 0.422. The molecule has 0 unspecified atom stereocenters. The Morgan fingerprint density at radius 3 is 2.75 bits per heavy atom. The molecule has 0 aromatic carbocycles. The highest BCUT2D eigenvalue weighted by Crippen LogP contribution is 2.19. The molecular formula is C20H30N6O2. The van der Waals surface area contributed by atoms with Crippen LogP contribution in [0.25, 0.3) is 11.6 Å². The van der Waals surface area contributed by atoms with Gasteiger partial charge in [0.25, 0.3) is 5.89 Å². The van der Waals surface area contributed by atoms with Gasteiger partial charge in [0.1, 0.15) is 5.69 Å². The number of hydrogen-bond donors (Lipinski definition) is 2. The summed E-state index contributed by atoms with van der Waals surface area (Å²) in [4.78, 5) is 12.8. The number of aromatic nitrogens is 3. The van der Waals surface area contributed by atoms with Gasteiger partial charge in [0.15, 0.2) is 11.8 Å². The number of rotatable bonds is 8. The smallest absolute Gasteiger partial charge is 0.276 e. The van der Waals surface area contributed by atoms with E-state index in [0.29, 0.717) is 43.1 Å². The molecule has 0 atom stereocenters. The molecular weight excluding hydrogens is 356 g/mol. The molecule has 3 rings (SSSR count). The molecule has 0 spiro atoms. The molecule has 8 heteroatoms. The Labute approximate surface area is 166 Å². The molecule has 1 aliphatic carbocycles. The monoisotopic (exact) mass is 386 g/mol. The highest BCUT2D eigenvalue weighted by Gasteiger charge is 2.12. The van der Waals surface area contributed by atoms with Gasteiger partial charge in [-0.05, 0) is 25.0 Å². The van der Waals surface area contributed by atoms with Crippen molar-refractivity contribution < 1.29 is 9.26 Å². The molecule has 28 heavy (non-hydrogen) atoms. The van der Waals surface area contributed by atoms with Crippen molar-refractivity contribution in [1.82, 2.24) is 25.8 Å². The molecule has 8 nitrogen and oxygen atoms in total. The van der Waals surface area contributed by atoms with Crippen molar-refractivity contribution in [3.63, 3.8) is 0 Å². The number of hydrogen-bond acceptors (Lipinski definition) is 6. The Balaban J connectivity index is 1.32. The van der Waals surface area contributed by atoms with Crippen LogP contribution < -0.4 is 10.6 Å². The molecule has 0 bridgehead atoms. The van der Waals surface area contributed by atoms with E-state index < -0.39 is 0 Å². The van der Waals surface area contributed by atoms with E-state index in [-0.39, 0.29) is 0 Å². The molecule has 0 radical (unpaired) electrons. The van der Waals surface area contributed by atoms with Crippen LogP contribution in [-0.4, -0.2) is 53.9 Å². The van der Waals surface area contributed by atoms with E-state index in [4.69, 9.17) is 9.26 Å². The Morgan fingerprint density at radius 2 is 2.00 bits per heavy atom. The van der Waals surface area contributed by atoms with Crippen LogP contribution in [0.4, 0.5) is 0 Å². The van der Waals surface area contributed by atoms with Crippen molar-refractivity contribution in [3.8, 4) is 11.6 Å². The molecule has 152 valence electrons. The van der Waals surface area contributed by atoms with Crippen molar-refractivity contribution in [2.45, 2.75) is 51.0 Å². The average molecular weight is 386 g/mol. The fourth-order valence-electron chi connectivity index (χ4n) is 3.27.